The van der Waals surface area contributed by atoms with E-state index >= 15 is 0 Å². The first kappa shape index (κ1) is 13.8. The fourth-order valence-electron chi connectivity index (χ4n) is 1.54. The Kier molecular flexibility index (Phi) is 4.13. The highest BCUT2D eigenvalue weighted by Gasteiger charge is 2.17. The molecule has 0 N–H and O–H groups in total. The minimum absolute atomic E-state index is 0.0440. The van der Waals surface area contributed by atoms with Crippen molar-refractivity contribution in [2.45, 2.75) is 5.88 Å². The average Bonchev–Trinajstić information content (AvgIpc) is 2.47. The number of aromatic nitrogens is 1. The number of nitro benzene ring substituents is 1. The molecule has 0 radical (unpaired) electrons. The Balaban J connectivity index is 2.37. The lowest BCUT2D eigenvalue weighted by molar-refractivity contribution is -0.385. The van der Waals surface area contributed by atoms with Crippen molar-refractivity contribution in [1.82, 2.24) is 4.98 Å². The highest BCUT2D eigenvalue weighted by molar-refractivity contribution is 6.17. The summed E-state index contributed by atoms with van der Waals surface area (Å²) in [5, 5.41) is 19.7. The first-order valence-corrected chi connectivity index (χ1v) is 6.04. The molecule has 0 saturated heterocycles. The van der Waals surface area contributed by atoms with Crippen LogP contribution in [0.15, 0.2) is 36.7 Å². The normalized spacial score (nSPS) is 9.80. The van der Waals surface area contributed by atoms with Crippen molar-refractivity contribution in [3.63, 3.8) is 0 Å². The lowest BCUT2D eigenvalue weighted by atomic mass is 10.2. The first-order valence-electron chi connectivity index (χ1n) is 5.50. The van der Waals surface area contributed by atoms with Crippen LogP contribution in [-0.2, 0) is 5.88 Å². The second-order valence-electron chi connectivity index (χ2n) is 3.82. The van der Waals surface area contributed by atoms with E-state index in [2.05, 4.69) is 4.98 Å². The van der Waals surface area contributed by atoms with E-state index in [1.807, 2.05) is 6.07 Å². The van der Waals surface area contributed by atoms with E-state index in [0.717, 1.165) is 11.6 Å². The van der Waals surface area contributed by atoms with Crippen molar-refractivity contribution < 1.29 is 9.66 Å². The maximum Gasteiger partial charge on any atom is 0.312 e. The van der Waals surface area contributed by atoms with Gasteiger partial charge in [-0.1, -0.05) is 0 Å². The van der Waals surface area contributed by atoms with Gasteiger partial charge in [0.05, 0.1) is 22.8 Å². The summed E-state index contributed by atoms with van der Waals surface area (Å²) in [5.74, 6) is 0.651. The number of hydrogen-bond acceptors (Lipinski definition) is 5. The van der Waals surface area contributed by atoms with E-state index < -0.39 is 4.92 Å². The highest BCUT2D eigenvalue weighted by atomic mass is 35.5. The fourth-order valence-corrected chi connectivity index (χ4v) is 1.68. The number of nitrogens with zero attached hydrogens (tertiary/aromatic N) is 3. The predicted molar refractivity (Wildman–Crippen MR) is 71.7 cm³/mol. The van der Waals surface area contributed by atoms with Crippen LogP contribution in [0.3, 0.4) is 0 Å². The number of nitro groups is 1. The molecule has 0 atom stereocenters. The van der Waals surface area contributed by atoms with Gasteiger partial charge in [-0.2, -0.15) is 5.26 Å². The topological polar surface area (TPSA) is 89.0 Å². The summed E-state index contributed by atoms with van der Waals surface area (Å²) in [6, 6.07) is 7.47. The van der Waals surface area contributed by atoms with Crippen LogP contribution in [0.2, 0.25) is 0 Å². The van der Waals surface area contributed by atoms with Crippen LogP contribution in [0.5, 0.6) is 11.5 Å². The van der Waals surface area contributed by atoms with Crippen LogP contribution >= 0.6 is 11.6 Å². The maximum atomic E-state index is 11.0. The second kappa shape index (κ2) is 5.99. The molecule has 0 bridgehead atoms. The zero-order chi connectivity index (χ0) is 14.5. The zero-order valence-corrected chi connectivity index (χ0v) is 10.9. The Bertz CT molecular complexity index is 698. The van der Waals surface area contributed by atoms with Gasteiger partial charge >= 0.3 is 5.69 Å². The number of halogens is 1. The summed E-state index contributed by atoms with van der Waals surface area (Å²) in [6.45, 7) is 0. The molecule has 0 aliphatic carbocycles. The van der Waals surface area contributed by atoms with Crippen LogP contribution < -0.4 is 4.74 Å². The van der Waals surface area contributed by atoms with Crippen molar-refractivity contribution >= 4 is 17.3 Å². The van der Waals surface area contributed by atoms with Gasteiger partial charge in [-0.05, 0) is 23.8 Å². The van der Waals surface area contributed by atoms with Gasteiger partial charge in [-0.25, -0.2) is 0 Å². The molecule has 1 aromatic heterocycles. The number of ether oxygens (including phenoxy) is 1. The molecule has 0 saturated carbocycles. The summed E-state index contributed by atoms with van der Waals surface area (Å²) in [7, 11) is 0. The third kappa shape index (κ3) is 3.02. The van der Waals surface area contributed by atoms with Gasteiger partial charge in [0.15, 0.2) is 0 Å². The number of benzene rings is 1. The van der Waals surface area contributed by atoms with Gasteiger partial charge in [0, 0.05) is 18.1 Å². The largest absolute Gasteiger partial charge is 0.448 e. The molecule has 1 heterocycles. The molecular formula is C13H8ClN3O3. The molecule has 7 heteroatoms. The number of pyridine rings is 1. The molecule has 1 aromatic carbocycles. The molecular weight excluding hydrogens is 282 g/mol. The van der Waals surface area contributed by atoms with Crippen molar-refractivity contribution in [2.75, 3.05) is 0 Å². The SMILES string of the molecule is N#Cc1ccc(Oc2cncc(CCl)c2)c([N+](=O)[O-])c1. The van der Waals surface area contributed by atoms with Gasteiger partial charge in [-0.3, -0.25) is 15.1 Å². The molecule has 6 nitrogen and oxygen atoms in total. The Labute approximate surface area is 119 Å². The van der Waals surface area contributed by atoms with Crippen molar-refractivity contribution in [3.8, 4) is 17.6 Å². The number of rotatable bonds is 4. The minimum Gasteiger partial charge on any atom is -0.448 e. The smallest absolute Gasteiger partial charge is 0.312 e. The summed E-state index contributed by atoms with van der Waals surface area (Å²) < 4.78 is 5.44. The predicted octanol–water partition coefficient (Wildman–Crippen LogP) is 3.39. The van der Waals surface area contributed by atoms with E-state index in [1.54, 1.807) is 12.3 Å². The van der Waals surface area contributed by atoms with Crippen molar-refractivity contribution in [2.24, 2.45) is 0 Å². The molecule has 2 aromatic rings. The van der Waals surface area contributed by atoms with E-state index in [-0.39, 0.29) is 22.9 Å². The molecule has 0 aliphatic heterocycles. The Morgan fingerprint density at radius 3 is 2.85 bits per heavy atom. The third-order valence-electron chi connectivity index (χ3n) is 2.44. The monoisotopic (exact) mass is 289 g/mol. The van der Waals surface area contributed by atoms with Crippen LogP contribution in [0, 0.1) is 21.4 Å². The van der Waals surface area contributed by atoms with E-state index in [1.165, 1.54) is 18.3 Å². The fraction of sp³-hybridized carbons (Fsp3) is 0.0769. The van der Waals surface area contributed by atoms with E-state index in [4.69, 9.17) is 21.6 Å². The third-order valence-corrected chi connectivity index (χ3v) is 2.75. The van der Waals surface area contributed by atoms with Crippen molar-refractivity contribution in [3.05, 3.63) is 57.9 Å². The number of alkyl halides is 1. The Hall–Kier alpha value is -2.65. The zero-order valence-electron chi connectivity index (χ0n) is 10.1. The van der Waals surface area contributed by atoms with Gasteiger partial charge in [0.25, 0.3) is 0 Å². The molecule has 20 heavy (non-hydrogen) atoms. The number of nitriles is 1. The standard InChI is InChI=1S/C13H8ClN3O3/c14-5-10-3-11(8-16-7-10)20-13-2-1-9(6-15)4-12(13)17(18)19/h1-4,7-8H,5H2. The molecule has 0 spiro atoms. The summed E-state index contributed by atoms with van der Waals surface area (Å²) >= 11 is 5.68. The maximum absolute atomic E-state index is 11.0. The summed E-state index contributed by atoms with van der Waals surface area (Å²) in [5.41, 5.74) is 0.650. The van der Waals surface area contributed by atoms with Gasteiger partial charge in [-0.15, -0.1) is 11.6 Å². The molecule has 2 rings (SSSR count). The minimum atomic E-state index is -0.602. The second-order valence-corrected chi connectivity index (χ2v) is 4.08. The average molecular weight is 290 g/mol. The highest BCUT2D eigenvalue weighted by Crippen LogP contribution is 2.32. The Morgan fingerprint density at radius 1 is 1.40 bits per heavy atom. The molecule has 0 aliphatic rings. The van der Waals surface area contributed by atoms with Gasteiger partial charge < -0.3 is 4.74 Å². The Morgan fingerprint density at radius 2 is 2.20 bits per heavy atom. The lowest BCUT2D eigenvalue weighted by Gasteiger charge is -2.06. The molecule has 100 valence electrons. The van der Waals surface area contributed by atoms with E-state index in [9.17, 15) is 10.1 Å². The first-order chi connectivity index (χ1) is 9.63. The molecule has 0 amide bonds. The van der Waals surface area contributed by atoms with E-state index in [0.29, 0.717) is 5.75 Å². The molecule has 0 unspecified atom stereocenters. The summed E-state index contributed by atoms with van der Waals surface area (Å²) in [4.78, 5) is 14.3. The van der Waals surface area contributed by atoms with Crippen LogP contribution in [0.4, 0.5) is 5.69 Å². The quantitative estimate of drug-likeness (QED) is 0.489. The van der Waals surface area contributed by atoms with Crippen LogP contribution in [-0.4, -0.2) is 9.91 Å². The van der Waals surface area contributed by atoms with Gasteiger partial charge in [0.2, 0.25) is 5.75 Å². The summed E-state index contributed by atoms with van der Waals surface area (Å²) in [6.07, 6.45) is 3.00. The van der Waals surface area contributed by atoms with Crippen molar-refractivity contribution in [1.29, 1.82) is 5.26 Å². The lowest BCUT2D eigenvalue weighted by Crippen LogP contribution is -1.95. The van der Waals surface area contributed by atoms with Crippen LogP contribution in [0.25, 0.3) is 0 Å². The molecule has 0 fully saturated rings. The number of hydrogen-bond donors (Lipinski definition) is 0. The van der Waals surface area contributed by atoms with Gasteiger partial charge in [0.1, 0.15) is 5.75 Å². The van der Waals surface area contributed by atoms with Crippen LogP contribution in [0.1, 0.15) is 11.1 Å².